The summed E-state index contributed by atoms with van der Waals surface area (Å²) in [7, 11) is 1.27. The van der Waals surface area contributed by atoms with Gasteiger partial charge in [-0.15, -0.1) is 0 Å². The van der Waals surface area contributed by atoms with Crippen LogP contribution in [0.5, 0.6) is 0 Å². The maximum absolute atomic E-state index is 12.2. The number of methoxy groups -OCH3 is 1. The topological polar surface area (TPSA) is 129 Å². The molecule has 0 bridgehead atoms. The first-order valence-corrected chi connectivity index (χ1v) is 8.60. The predicted octanol–water partition coefficient (Wildman–Crippen LogP) is 2.72. The van der Waals surface area contributed by atoms with Gasteiger partial charge in [-0.1, -0.05) is 13.8 Å². The second-order valence-electron chi connectivity index (χ2n) is 6.38. The molecule has 0 fully saturated rings. The first-order valence-electron chi connectivity index (χ1n) is 8.60. The van der Waals surface area contributed by atoms with E-state index >= 15 is 0 Å². The zero-order valence-electron chi connectivity index (χ0n) is 16.1. The van der Waals surface area contributed by atoms with Crippen molar-refractivity contribution in [3.05, 3.63) is 41.6 Å². The lowest BCUT2D eigenvalue weighted by molar-refractivity contribution is -0.143. The van der Waals surface area contributed by atoms with Crippen LogP contribution in [0.4, 0.5) is 22.2 Å². The molecular weight excluding hydrogens is 360 g/mol. The maximum Gasteiger partial charge on any atom is 0.328 e. The smallest absolute Gasteiger partial charge is 0.328 e. The fraction of sp³-hybridized carbons (Fsp3) is 0.316. The first kappa shape index (κ1) is 20.6. The average Bonchev–Trinajstić information content (AvgIpc) is 2.65. The largest absolute Gasteiger partial charge is 0.467 e. The van der Waals surface area contributed by atoms with E-state index in [9.17, 15) is 9.59 Å². The molecule has 0 saturated carbocycles. The monoisotopic (exact) mass is 382 g/mol. The van der Waals surface area contributed by atoms with Gasteiger partial charge in [0.1, 0.15) is 11.9 Å². The van der Waals surface area contributed by atoms with Crippen LogP contribution < -0.4 is 16.0 Å². The molecule has 9 nitrogen and oxygen atoms in total. The van der Waals surface area contributed by atoms with Crippen LogP contribution >= 0.6 is 0 Å². The van der Waals surface area contributed by atoms with Gasteiger partial charge in [-0.3, -0.25) is 5.32 Å². The number of urea groups is 1. The summed E-state index contributed by atoms with van der Waals surface area (Å²) in [5.74, 6) is -0.120. The van der Waals surface area contributed by atoms with E-state index in [4.69, 9.17) is 10.00 Å². The molecular formula is C19H22N6O3. The summed E-state index contributed by atoms with van der Waals surface area (Å²) in [6, 6.07) is 9.23. The van der Waals surface area contributed by atoms with Crippen molar-refractivity contribution in [1.29, 1.82) is 5.26 Å². The van der Waals surface area contributed by atoms with Crippen LogP contribution in [0.2, 0.25) is 0 Å². The van der Waals surface area contributed by atoms with Crippen LogP contribution in [0.3, 0.4) is 0 Å². The Morgan fingerprint density at radius 1 is 1.18 bits per heavy atom. The standard InChI is InChI=1S/C19H22N6O3/c1-11(2)16(17(26)28-4)24-19(27)25-18-21-12(3)9-15(23-18)22-14-7-5-13(10-20)6-8-14/h5-9,11,16H,1-4H3,(H3,21,22,23,24,25,27)/t16-/m1/s1. The summed E-state index contributed by atoms with van der Waals surface area (Å²) in [6.07, 6.45) is 0. The third kappa shape index (κ3) is 5.67. The molecule has 0 aliphatic rings. The summed E-state index contributed by atoms with van der Waals surface area (Å²) in [5.41, 5.74) is 1.92. The number of carbonyl (C=O) groups is 2. The molecule has 0 saturated heterocycles. The number of benzene rings is 1. The summed E-state index contributed by atoms with van der Waals surface area (Å²) >= 11 is 0. The van der Waals surface area contributed by atoms with E-state index < -0.39 is 18.0 Å². The number of aromatic nitrogens is 2. The SMILES string of the molecule is COC(=O)[C@H](NC(=O)Nc1nc(C)cc(Nc2ccc(C#N)cc2)n1)C(C)C. The van der Waals surface area contributed by atoms with Crippen molar-refractivity contribution in [1.82, 2.24) is 15.3 Å². The molecule has 2 amide bonds. The van der Waals surface area contributed by atoms with Crippen LogP contribution in [0.15, 0.2) is 30.3 Å². The van der Waals surface area contributed by atoms with Crippen molar-refractivity contribution in [2.24, 2.45) is 5.92 Å². The number of anilines is 3. The summed E-state index contributed by atoms with van der Waals surface area (Å²) in [4.78, 5) is 32.4. The molecule has 1 aromatic heterocycles. The van der Waals surface area contributed by atoms with Gasteiger partial charge in [-0.05, 0) is 37.1 Å². The third-order valence-electron chi connectivity index (χ3n) is 3.77. The lowest BCUT2D eigenvalue weighted by Gasteiger charge is -2.19. The van der Waals surface area contributed by atoms with E-state index in [1.54, 1.807) is 51.1 Å². The molecule has 1 atom stereocenters. The van der Waals surface area contributed by atoms with Crippen LogP contribution in [0.25, 0.3) is 0 Å². The second kappa shape index (κ2) is 9.32. The quantitative estimate of drug-likeness (QED) is 0.655. The number of hydrogen-bond acceptors (Lipinski definition) is 7. The van der Waals surface area contributed by atoms with Crippen molar-refractivity contribution in [2.45, 2.75) is 26.8 Å². The van der Waals surface area contributed by atoms with Gasteiger partial charge in [0.25, 0.3) is 0 Å². The molecule has 0 aliphatic heterocycles. The van der Waals surface area contributed by atoms with E-state index in [-0.39, 0.29) is 11.9 Å². The molecule has 0 aliphatic carbocycles. The van der Waals surface area contributed by atoms with E-state index in [2.05, 4.69) is 32.0 Å². The number of carbonyl (C=O) groups excluding carboxylic acids is 2. The third-order valence-corrected chi connectivity index (χ3v) is 3.77. The molecule has 1 heterocycles. The minimum atomic E-state index is -0.786. The summed E-state index contributed by atoms with van der Waals surface area (Å²) in [6.45, 7) is 5.36. The Kier molecular flexibility index (Phi) is 6.87. The van der Waals surface area contributed by atoms with E-state index in [0.29, 0.717) is 17.1 Å². The van der Waals surface area contributed by atoms with Crippen molar-refractivity contribution < 1.29 is 14.3 Å². The van der Waals surface area contributed by atoms with Crippen LogP contribution in [-0.4, -0.2) is 35.1 Å². The van der Waals surface area contributed by atoms with E-state index in [0.717, 1.165) is 5.69 Å². The Balaban J connectivity index is 2.10. The number of nitriles is 1. The van der Waals surface area contributed by atoms with Crippen LogP contribution in [0, 0.1) is 24.2 Å². The van der Waals surface area contributed by atoms with Gasteiger partial charge in [0, 0.05) is 17.4 Å². The number of aryl methyl sites for hydroxylation is 1. The Hall–Kier alpha value is -3.67. The van der Waals surface area contributed by atoms with Gasteiger partial charge < -0.3 is 15.4 Å². The highest BCUT2D eigenvalue weighted by Gasteiger charge is 2.25. The van der Waals surface area contributed by atoms with E-state index in [1.165, 1.54) is 7.11 Å². The highest BCUT2D eigenvalue weighted by atomic mass is 16.5. The molecule has 2 aromatic rings. The molecule has 1 aromatic carbocycles. The van der Waals surface area contributed by atoms with Crippen molar-refractivity contribution >= 4 is 29.5 Å². The Morgan fingerprint density at radius 3 is 2.43 bits per heavy atom. The van der Waals surface area contributed by atoms with Gasteiger partial charge in [0.15, 0.2) is 0 Å². The van der Waals surface area contributed by atoms with Gasteiger partial charge in [0.05, 0.1) is 18.7 Å². The minimum absolute atomic E-state index is 0.0843. The zero-order chi connectivity index (χ0) is 20.7. The van der Waals surface area contributed by atoms with Gasteiger partial charge in [-0.25, -0.2) is 14.6 Å². The average molecular weight is 382 g/mol. The Bertz CT molecular complexity index is 890. The minimum Gasteiger partial charge on any atom is -0.467 e. The van der Waals surface area contributed by atoms with Gasteiger partial charge >= 0.3 is 12.0 Å². The number of nitrogens with zero attached hydrogens (tertiary/aromatic N) is 3. The van der Waals surface area contributed by atoms with Crippen molar-refractivity contribution in [2.75, 3.05) is 17.7 Å². The fourth-order valence-electron chi connectivity index (χ4n) is 2.37. The predicted molar refractivity (Wildman–Crippen MR) is 104 cm³/mol. The van der Waals surface area contributed by atoms with Crippen LogP contribution in [-0.2, 0) is 9.53 Å². The summed E-state index contributed by atoms with van der Waals surface area (Å²) < 4.78 is 4.70. The number of ether oxygens (including phenoxy) is 1. The molecule has 0 spiro atoms. The molecule has 2 rings (SSSR count). The highest BCUT2D eigenvalue weighted by molar-refractivity contribution is 5.91. The molecule has 3 N–H and O–H groups in total. The number of nitrogens with one attached hydrogen (secondary N) is 3. The van der Waals surface area contributed by atoms with Crippen molar-refractivity contribution in [3.8, 4) is 6.07 Å². The first-order chi connectivity index (χ1) is 13.3. The maximum atomic E-state index is 12.2. The lowest BCUT2D eigenvalue weighted by Crippen LogP contribution is -2.46. The number of esters is 1. The van der Waals surface area contributed by atoms with Crippen LogP contribution in [0.1, 0.15) is 25.1 Å². The number of amides is 2. The summed E-state index contributed by atoms with van der Waals surface area (Å²) in [5, 5.41) is 17.0. The van der Waals surface area contributed by atoms with Crippen molar-refractivity contribution in [3.63, 3.8) is 0 Å². The highest BCUT2D eigenvalue weighted by Crippen LogP contribution is 2.17. The molecule has 0 radical (unpaired) electrons. The fourth-order valence-corrected chi connectivity index (χ4v) is 2.37. The van der Waals surface area contributed by atoms with Gasteiger partial charge in [0.2, 0.25) is 5.95 Å². The second-order valence-corrected chi connectivity index (χ2v) is 6.38. The lowest BCUT2D eigenvalue weighted by atomic mass is 10.1. The van der Waals surface area contributed by atoms with E-state index in [1.807, 2.05) is 0 Å². The Morgan fingerprint density at radius 2 is 1.86 bits per heavy atom. The van der Waals surface area contributed by atoms with Gasteiger partial charge in [-0.2, -0.15) is 10.2 Å². The molecule has 9 heteroatoms. The molecule has 0 unspecified atom stereocenters. The molecule has 28 heavy (non-hydrogen) atoms. The Labute approximate surface area is 163 Å². The zero-order valence-corrected chi connectivity index (χ0v) is 16.1. The molecule has 146 valence electrons. The normalized spacial score (nSPS) is 11.3. The number of rotatable bonds is 6. The number of hydrogen-bond donors (Lipinski definition) is 3.